The largest absolute Gasteiger partial charge is 0.351 e. The van der Waals surface area contributed by atoms with Crippen LogP contribution in [0.3, 0.4) is 0 Å². The van der Waals surface area contributed by atoms with Crippen LogP contribution in [0.15, 0.2) is 17.3 Å². The number of sulfonamides is 1. The zero-order valence-electron chi connectivity index (χ0n) is 12.2. The van der Waals surface area contributed by atoms with Gasteiger partial charge in [-0.2, -0.15) is 9.82 Å². The minimum absolute atomic E-state index is 0.0454. The zero-order chi connectivity index (χ0) is 15.5. The number of nitrogens with one attached hydrogen (secondary N) is 3. The van der Waals surface area contributed by atoms with Crippen LogP contribution >= 0.6 is 0 Å². The Kier molecular flexibility index (Phi) is 4.96. The van der Waals surface area contributed by atoms with Gasteiger partial charge in [0.1, 0.15) is 4.90 Å². The average molecular weight is 315 g/mol. The molecule has 1 amide bonds. The van der Waals surface area contributed by atoms with Crippen molar-refractivity contribution < 1.29 is 13.2 Å². The summed E-state index contributed by atoms with van der Waals surface area (Å²) in [4.78, 5) is 12.1. The predicted molar refractivity (Wildman–Crippen MR) is 77.0 cm³/mol. The number of carbonyl (C=O) groups is 1. The predicted octanol–water partition coefficient (Wildman–Crippen LogP) is -1.04. The van der Waals surface area contributed by atoms with E-state index in [1.807, 2.05) is 0 Å². The molecule has 1 aromatic heterocycles. The van der Waals surface area contributed by atoms with Gasteiger partial charge in [0.15, 0.2) is 0 Å². The summed E-state index contributed by atoms with van der Waals surface area (Å²) in [6, 6.07) is -0.784. The summed E-state index contributed by atoms with van der Waals surface area (Å²) in [5.41, 5.74) is 0. The second-order valence-electron chi connectivity index (χ2n) is 5.24. The number of amides is 1. The van der Waals surface area contributed by atoms with Gasteiger partial charge in [0.25, 0.3) is 0 Å². The lowest BCUT2D eigenvalue weighted by atomic mass is 10.1. The van der Waals surface area contributed by atoms with Gasteiger partial charge < -0.3 is 10.6 Å². The molecule has 0 radical (unpaired) electrons. The van der Waals surface area contributed by atoms with Gasteiger partial charge in [-0.25, -0.2) is 8.42 Å². The third-order valence-corrected chi connectivity index (χ3v) is 4.86. The van der Waals surface area contributed by atoms with Crippen molar-refractivity contribution in [3.8, 4) is 0 Å². The first-order valence-corrected chi connectivity index (χ1v) is 8.39. The van der Waals surface area contributed by atoms with Gasteiger partial charge >= 0.3 is 0 Å². The fourth-order valence-corrected chi connectivity index (χ4v) is 3.38. The Balaban J connectivity index is 1.93. The Morgan fingerprint density at radius 3 is 2.90 bits per heavy atom. The van der Waals surface area contributed by atoms with E-state index < -0.39 is 16.1 Å². The molecule has 8 nitrogen and oxygen atoms in total. The van der Waals surface area contributed by atoms with E-state index >= 15 is 0 Å². The second kappa shape index (κ2) is 6.54. The van der Waals surface area contributed by atoms with Gasteiger partial charge in [-0.1, -0.05) is 0 Å². The van der Waals surface area contributed by atoms with Crippen LogP contribution in [0, 0.1) is 0 Å². The van der Waals surface area contributed by atoms with E-state index in [4.69, 9.17) is 0 Å². The molecule has 0 bridgehead atoms. The Morgan fingerprint density at radius 2 is 2.33 bits per heavy atom. The number of carbonyl (C=O) groups excluding carboxylic acids is 1. The monoisotopic (exact) mass is 315 g/mol. The second-order valence-corrected chi connectivity index (χ2v) is 6.96. The minimum atomic E-state index is -3.73. The molecule has 0 aliphatic carbocycles. The molecule has 1 aliphatic heterocycles. The molecular formula is C12H21N5O3S. The molecule has 2 heterocycles. The maximum atomic E-state index is 12.1. The number of nitrogens with zero attached hydrogens (tertiary/aromatic N) is 2. The highest BCUT2D eigenvalue weighted by Gasteiger charge is 2.25. The number of piperidine rings is 1. The van der Waals surface area contributed by atoms with Crippen LogP contribution in [0.5, 0.6) is 0 Å². The van der Waals surface area contributed by atoms with Crippen molar-refractivity contribution in [2.75, 3.05) is 13.1 Å². The molecule has 118 valence electrons. The first-order chi connectivity index (χ1) is 9.88. The van der Waals surface area contributed by atoms with E-state index in [-0.39, 0.29) is 16.8 Å². The highest BCUT2D eigenvalue weighted by molar-refractivity contribution is 7.89. The summed E-state index contributed by atoms with van der Waals surface area (Å²) < 4.78 is 27.9. The highest BCUT2D eigenvalue weighted by Crippen LogP contribution is 2.07. The Morgan fingerprint density at radius 1 is 1.57 bits per heavy atom. The van der Waals surface area contributed by atoms with Crippen LogP contribution in [0.25, 0.3) is 0 Å². The van der Waals surface area contributed by atoms with E-state index in [1.165, 1.54) is 24.0 Å². The van der Waals surface area contributed by atoms with Crippen molar-refractivity contribution >= 4 is 15.9 Å². The fraction of sp³-hybridized carbons (Fsp3) is 0.667. The van der Waals surface area contributed by atoms with Crippen molar-refractivity contribution in [2.45, 2.75) is 36.7 Å². The van der Waals surface area contributed by atoms with Gasteiger partial charge in [0.2, 0.25) is 15.9 Å². The number of hydrogen-bond acceptors (Lipinski definition) is 5. The molecule has 21 heavy (non-hydrogen) atoms. The summed E-state index contributed by atoms with van der Waals surface area (Å²) in [6.45, 7) is 3.20. The van der Waals surface area contributed by atoms with Crippen molar-refractivity contribution in [3.05, 3.63) is 12.4 Å². The first kappa shape index (κ1) is 15.9. The molecular weight excluding hydrogens is 294 g/mol. The molecule has 2 rings (SSSR count). The average Bonchev–Trinajstić information content (AvgIpc) is 2.87. The van der Waals surface area contributed by atoms with Crippen molar-refractivity contribution in [1.29, 1.82) is 0 Å². The van der Waals surface area contributed by atoms with Gasteiger partial charge in [0.05, 0.1) is 12.2 Å². The van der Waals surface area contributed by atoms with Gasteiger partial charge in [0, 0.05) is 25.8 Å². The number of aryl methyl sites for hydroxylation is 1. The SMILES string of the molecule is CC(NS(=O)(=O)c1cnn(C)c1)C(=O)N[C@H]1CCCNC1. The molecule has 0 saturated carbocycles. The van der Waals surface area contributed by atoms with Gasteiger partial charge in [-0.15, -0.1) is 0 Å². The summed E-state index contributed by atoms with van der Waals surface area (Å²) in [7, 11) is -2.10. The maximum absolute atomic E-state index is 12.1. The molecule has 1 fully saturated rings. The minimum Gasteiger partial charge on any atom is -0.351 e. The summed E-state index contributed by atoms with van der Waals surface area (Å²) >= 11 is 0. The van der Waals surface area contributed by atoms with E-state index in [0.29, 0.717) is 6.54 Å². The van der Waals surface area contributed by atoms with Crippen LogP contribution in [0.1, 0.15) is 19.8 Å². The molecule has 3 N–H and O–H groups in total. The Bertz CT molecular complexity index is 592. The number of hydrogen-bond donors (Lipinski definition) is 3. The summed E-state index contributed by atoms with van der Waals surface area (Å²) in [6.07, 6.45) is 4.54. The van der Waals surface area contributed by atoms with Crippen LogP contribution < -0.4 is 15.4 Å². The van der Waals surface area contributed by atoms with E-state index in [9.17, 15) is 13.2 Å². The first-order valence-electron chi connectivity index (χ1n) is 6.90. The van der Waals surface area contributed by atoms with Gasteiger partial charge in [-0.3, -0.25) is 9.48 Å². The quantitative estimate of drug-likeness (QED) is 0.643. The van der Waals surface area contributed by atoms with Crippen molar-refractivity contribution in [1.82, 2.24) is 25.1 Å². The van der Waals surface area contributed by atoms with Crippen LogP contribution in [-0.4, -0.2) is 49.3 Å². The lowest BCUT2D eigenvalue weighted by Crippen LogP contribution is -2.52. The Hall–Kier alpha value is -1.45. The zero-order valence-corrected chi connectivity index (χ0v) is 13.0. The van der Waals surface area contributed by atoms with Crippen LogP contribution in [-0.2, 0) is 21.9 Å². The molecule has 2 atom stereocenters. The molecule has 0 spiro atoms. The molecule has 1 unspecified atom stereocenters. The fourth-order valence-electron chi connectivity index (χ4n) is 2.19. The standard InChI is InChI=1S/C12H21N5O3S/c1-9(12(18)15-10-4-3-5-13-6-10)16-21(19,20)11-7-14-17(2)8-11/h7-10,13,16H,3-6H2,1-2H3,(H,15,18)/t9?,10-/m0/s1. The molecule has 0 aromatic carbocycles. The highest BCUT2D eigenvalue weighted by atomic mass is 32.2. The van der Waals surface area contributed by atoms with Gasteiger partial charge in [-0.05, 0) is 26.3 Å². The molecule has 1 saturated heterocycles. The normalized spacial score (nSPS) is 21.0. The third-order valence-electron chi connectivity index (χ3n) is 3.36. The maximum Gasteiger partial charge on any atom is 0.244 e. The summed E-state index contributed by atoms with van der Waals surface area (Å²) in [5, 5.41) is 9.86. The molecule has 1 aliphatic rings. The van der Waals surface area contributed by atoms with Crippen LogP contribution in [0.2, 0.25) is 0 Å². The number of aromatic nitrogens is 2. The number of rotatable bonds is 5. The summed E-state index contributed by atoms with van der Waals surface area (Å²) in [5.74, 6) is -0.323. The molecule has 9 heteroatoms. The van der Waals surface area contributed by atoms with E-state index in [1.54, 1.807) is 7.05 Å². The lowest BCUT2D eigenvalue weighted by molar-refractivity contribution is -0.123. The van der Waals surface area contributed by atoms with Crippen molar-refractivity contribution in [3.63, 3.8) is 0 Å². The van der Waals surface area contributed by atoms with Crippen molar-refractivity contribution in [2.24, 2.45) is 7.05 Å². The smallest absolute Gasteiger partial charge is 0.244 e. The van der Waals surface area contributed by atoms with Crippen LogP contribution in [0.4, 0.5) is 0 Å². The third kappa shape index (κ3) is 4.26. The lowest BCUT2D eigenvalue weighted by Gasteiger charge is -2.25. The van der Waals surface area contributed by atoms with E-state index in [2.05, 4.69) is 20.5 Å². The Labute approximate surface area is 124 Å². The van der Waals surface area contributed by atoms with E-state index in [0.717, 1.165) is 19.4 Å². The topological polar surface area (TPSA) is 105 Å². The molecule has 1 aromatic rings.